The predicted octanol–water partition coefficient (Wildman–Crippen LogP) is 3.68. The van der Waals surface area contributed by atoms with Crippen LogP contribution in [0.5, 0.6) is 0 Å². The molecule has 0 saturated carbocycles. The topological polar surface area (TPSA) is 28.2 Å². The van der Waals surface area contributed by atoms with Crippen LogP contribution in [0.4, 0.5) is 4.39 Å². The van der Waals surface area contributed by atoms with Crippen molar-refractivity contribution in [1.82, 2.24) is 15.2 Å². The van der Waals surface area contributed by atoms with Gasteiger partial charge in [0.15, 0.2) is 0 Å². The van der Waals surface area contributed by atoms with E-state index in [1.165, 1.54) is 0 Å². The highest BCUT2D eigenvalue weighted by molar-refractivity contribution is 6.31. The van der Waals surface area contributed by atoms with E-state index in [-0.39, 0.29) is 5.82 Å². The molecule has 1 aromatic carbocycles. The van der Waals surface area contributed by atoms with E-state index in [4.69, 9.17) is 11.6 Å². The Bertz CT molecular complexity index is 700. The Hall–Kier alpha value is -2.07. The molecule has 0 radical (unpaired) electrons. The number of aryl methyl sites for hydroxylation is 1. The molecule has 0 unspecified atom stereocenters. The molecule has 2 aromatic rings. The van der Waals surface area contributed by atoms with Crippen molar-refractivity contribution in [2.75, 3.05) is 6.67 Å². The quantitative estimate of drug-likeness (QED) is 0.937. The number of hydrogen-bond donors (Lipinski definition) is 1. The lowest BCUT2D eigenvalue weighted by molar-refractivity contribution is 0.383. The van der Waals surface area contributed by atoms with Crippen LogP contribution in [0, 0.1) is 12.7 Å². The van der Waals surface area contributed by atoms with Crippen LogP contribution in [-0.4, -0.2) is 16.6 Å². The number of hydrogen-bond acceptors (Lipinski definition) is 3. The second-order valence-corrected chi connectivity index (χ2v) is 5.47. The Labute approximate surface area is 128 Å². The predicted molar refractivity (Wildman–Crippen MR) is 82.1 cm³/mol. The van der Waals surface area contributed by atoms with Crippen molar-refractivity contribution in [3.05, 3.63) is 64.8 Å². The number of benzene rings is 1. The van der Waals surface area contributed by atoms with Crippen molar-refractivity contribution in [3.63, 3.8) is 0 Å². The van der Waals surface area contributed by atoms with Crippen LogP contribution in [0.1, 0.15) is 11.1 Å². The summed E-state index contributed by atoms with van der Waals surface area (Å²) in [6.07, 6.45) is 5.53. The Morgan fingerprint density at radius 3 is 2.90 bits per heavy atom. The largest absolute Gasteiger partial charge is 0.373 e. The molecular formula is C16H15ClFN3. The number of nitrogens with zero attached hydrogens (tertiary/aromatic N) is 2. The van der Waals surface area contributed by atoms with Crippen LogP contribution < -0.4 is 5.32 Å². The lowest BCUT2D eigenvalue weighted by atomic mass is 10.1. The molecule has 3 nitrogen and oxygen atoms in total. The Morgan fingerprint density at radius 2 is 2.24 bits per heavy atom. The number of nitrogens with one attached hydrogen (secondary N) is 1. The van der Waals surface area contributed by atoms with E-state index in [9.17, 15) is 4.39 Å². The Balaban J connectivity index is 1.86. The second kappa shape index (κ2) is 5.74. The summed E-state index contributed by atoms with van der Waals surface area (Å²) in [5, 5.41) is 3.75. The van der Waals surface area contributed by atoms with E-state index in [2.05, 4.69) is 10.3 Å². The van der Waals surface area contributed by atoms with Crippen molar-refractivity contribution >= 4 is 11.6 Å². The molecule has 3 rings (SSSR count). The standard InChI is InChI=1S/C16H15ClFN3/c1-11-6-13(2-3-14(11)17)16-15(18)7-12(8-20-16)9-21-5-4-19-10-21/h2-8,19H,9-10H2,1H3. The van der Waals surface area contributed by atoms with Gasteiger partial charge in [-0.15, -0.1) is 0 Å². The summed E-state index contributed by atoms with van der Waals surface area (Å²) in [5.41, 5.74) is 2.85. The van der Waals surface area contributed by atoms with Gasteiger partial charge in [-0.2, -0.15) is 0 Å². The van der Waals surface area contributed by atoms with Crippen molar-refractivity contribution in [2.45, 2.75) is 13.5 Å². The summed E-state index contributed by atoms with van der Waals surface area (Å²) in [4.78, 5) is 6.32. The highest BCUT2D eigenvalue weighted by Gasteiger charge is 2.11. The molecule has 0 aliphatic carbocycles. The molecule has 0 atom stereocenters. The fourth-order valence-electron chi connectivity index (χ4n) is 2.29. The van der Waals surface area contributed by atoms with Gasteiger partial charge in [0.25, 0.3) is 0 Å². The van der Waals surface area contributed by atoms with Crippen LogP contribution in [0.2, 0.25) is 5.02 Å². The molecule has 108 valence electrons. The highest BCUT2D eigenvalue weighted by atomic mass is 35.5. The molecule has 0 fully saturated rings. The molecule has 0 spiro atoms. The average molecular weight is 304 g/mol. The summed E-state index contributed by atoms with van der Waals surface area (Å²) in [6, 6.07) is 6.94. The van der Waals surface area contributed by atoms with E-state index in [1.54, 1.807) is 24.4 Å². The van der Waals surface area contributed by atoms with Gasteiger partial charge in [-0.05, 0) is 36.2 Å². The summed E-state index contributed by atoms with van der Waals surface area (Å²) in [5.74, 6) is -0.314. The molecule has 1 aliphatic rings. The molecule has 1 aromatic heterocycles. The van der Waals surface area contributed by atoms with Crippen LogP contribution >= 0.6 is 11.6 Å². The van der Waals surface area contributed by atoms with E-state index in [0.717, 1.165) is 23.4 Å². The zero-order valence-electron chi connectivity index (χ0n) is 11.6. The fourth-order valence-corrected chi connectivity index (χ4v) is 2.41. The first-order valence-electron chi connectivity index (χ1n) is 6.68. The van der Waals surface area contributed by atoms with Gasteiger partial charge in [0.1, 0.15) is 11.5 Å². The molecule has 0 amide bonds. The normalized spacial score (nSPS) is 13.6. The van der Waals surface area contributed by atoms with Crippen LogP contribution in [-0.2, 0) is 6.54 Å². The van der Waals surface area contributed by atoms with Gasteiger partial charge < -0.3 is 10.2 Å². The Morgan fingerprint density at radius 1 is 1.38 bits per heavy atom. The molecule has 2 heterocycles. The maximum atomic E-state index is 14.3. The van der Waals surface area contributed by atoms with E-state index in [0.29, 0.717) is 17.3 Å². The minimum absolute atomic E-state index is 0.314. The third kappa shape index (κ3) is 3.00. The van der Waals surface area contributed by atoms with Gasteiger partial charge in [0.05, 0.1) is 6.67 Å². The number of rotatable bonds is 3. The van der Waals surface area contributed by atoms with Gasteiger partial charge in [0, 0.05) is 35.7 Å². The van der Waals surface area contributed by atoms with Gasteiger partial charge in [-0.3, -0.25) is 4.98 Å². The van der Waals surface area contributed by atoms with E-state index >= 15 is 0 Å². The van der Waals surface area contributed by atoms with Crippen molar-refractivity contribution < 1.29 is 4.39 Å². The van der Waals surface area contributed by atoms with Crippen LogP contribution in [0.15, 0.2) is 42.9 Å². The molecule has 0 saturated heterocycles. The molecular weight excluding hydrogens is 289 g/mol. The number of aromatic nitrogens is 1. The molecule has 1 N–H and O–H groups in total. The minimum Gasteiger partial charge on any atom is -0.373 e. The average Bonchev–Trinajstić information content (AvgIpc) is 2.95. The third-order valence-electron chi connectivity index (χ3n) is 3.41. The first-order valence-corrected chi connectivity index (χ1v) is 7.06. The SMILES string of the molecule is Cc1cc(-c2ncc(CN3C=CNC3)cc2F)ccc1Cl. The first kappa shape index (κ1) is 13.9. The van der Waals surface area contributed by atoms with Gasteiger partial charge >= 0.3 is 0 Å². The number of halogens is 2. The zero-order valence-corrected chi connectivity index (χ0v) is 12.4. The smallest absolute Gasteiger partial charge is 0.149 e. The maximum absolute atomic E-state index is 14.3. The maximum Gasteiger partial charge on any atom is 0.149 e. The zero-order chi connectivity index (χ0) is 14.8. The lowest BCUT2D eigenvalue weighted by Gasteiger charge is -2.15. The van der Waals surface area contributed by atoms with Crippen molar-refractivity contribution in [2.24, 2.45) is 0 Å². The van der Waals surface area contributed by atoms with Gasteiger partial charge in [-0.25, -0.2) is 4.39 Å². The summed E-state index contributed by atoms with van der Waals surface area (Å²) in [6.45, 7) is 3.26. The monoisotopic (exact) mass is 303 g/mol. The van der Waals surface area contributed by atoms with Crippen LogP contribution in [0.25, 0.3) is 11.3 Å². The van der Waals surface area contributed by atoms with Gasteiger partial charge in [-0.1, -0.05) is 17.7 Å². The molecule has 0 bridgehead atoms. The molecule has 5 heteroatoms. The highest BCUT2D eigenvalue weighted by Crippen LogP contribution is 2.25. The summed E-state index contributed by atoms with van der Waals surface area (Å²) in [7, 11) is 0. The van der Waals surface area contributed by atoms with E-state index < -0.39 is 0 Å². The Kier molecular flexibility index (Phi) is 3.80. The third-order valence-corrected chi connectivity index (χ3v) is 3.84. The molecule has 1 aliphatic heterocycles. The summed E-state index contributed by atoms with van der Waals surface area (Å²) < 4.78 is 14.3. The second-order valence-electron chi connectivity index (χ2n) is 5.06. The van der Waals surface area contributed by atoms with Crippen LogP contribution in [0.3, 0.4) is 0 Å². The first-order chi connectivity index (χ1) is 10.1. The number of pyridine rings is 1. The van der Waals surface area contributed by atoms with Crippen molar-refractivity contribution in [3.8, 4) is 11.3 Å². The van der Waals surface area contributed by atoms with E-state index in [1.807, 2.05) is 30.3 Å². The van der Waals surface area contributed by atoms with Gasteiger partial charge in [0.2, 0.25) is 0 Å². The minimum atomic E-state index is -0.314. The molecule has 21 heavy (non-hydrogen) atoms. The lowest BCUT2D eigenvalue weighted by Crippen LogP contribution is -2.20. The summed E-state index contributed by atoms with van der Waals surface area (Å²) >= 11 is 6.00. The fraction of sp³-hybridized carbons (Fsp3) is 0.188. The van der Waals surface area contributed by atoms with Crippen molar-refractivity contribution in [1.29, 1.82) is 0 Å².